The molecular weight excluding hydrogens is 373 g/mol. The van der Waals surface area contributed by atoms with Crippen LogP contribution in [0.15, 0.2) is 46.9 Å². The number of hydrogen-bond acceptors (Lipinski definition) is 4. The number of anilines is 2. The summed E-state index contributed by atoms with van der Waals surface area (Å²) in [5.74, 6) is 0.0596. The highest BCUT2D eigenvalue weighted by Crippen LogP contribution is 2.38. The van der Waals surface area contributed by atoms with Crippen LogP contribution in [0.3, 0.4) is 0 Å². The fourth-order valence-electron chi connectivity index (χ4n) is 3.34. The van der Waals surface area contributed by atoms with Gasteiger partial charge in [0.15, 0.2) is 0 Å². The van der Waals surface area contributed by atoms with Gasteiger partial charge in [-0.2, -0.15) is 0 Å². The van der Waals surface area contributed by atoms with Gasteiger partial charge in [0, 0.05) is 16.9 Å². The first-order chi connectivity index (χ1) is 13.7. The molecule has 0 fully saturated rings. The van der Waals surface area contributed by atoms with Crippen molar-refractivity contribution in [2.45, 2.75) is 32.6 Å². The van der Waals surface area contributed by atoms with Gasteiger partial charge in [-0.15, -0.1) is 0 Å². The third-order valence-corrected chi connectivity index (χ3v) is 5.08. The topological polar surface area (TPSA) is 84.2 Å². The van der Waals surface area contributed by atoms with Crippen molar-refractivity contribution in [3.05, 3.63) is 65.3 Å². The molecule has 7 heteroatoms. The SMILES string of the molecule is Cc1oc(-c2cccc(F)c2)nc1CC(=O)Nc1ccc2c(c1)C(C)(C)C(=O)N2. The summed E-state index contributed by atoms with van der Waals surface area (Å²) >= 11 is 0. The molecule has 0 saturated carbocycles. The van der Waals surface area contributed by atoms with E-state index < -0.39 is 5.41 Å². The number of carbonyl (C=O) groups is 2. The van der Waals surface area contributed by atoms with E-state index in [9.17, 15) is 14.0 Å². The molecule has 1 aromatic heterocycles. The second-order valence-corrected chi connectivity index (χ2v) is 7.60. The lowest BCUT2D eigenvalue weighted by Gasteiger charge is -2.16. The average molecular weight is 393 g/mol. The number of hydrogen-bond donors (Lipinski definition) is 2. The van der Waals surface area contributed by atoms with Crippen molar-refractivity contribution in [1.82, 2.24) is 4.98 Å². The molecule has 2 aromatic carbocycles. The minimum atomic E-state index is -0.654. The van der Waals surface area contributed by atoms with Gasteiger partial charge in [-0.25, -0.2) is 9.37 Å². The number of nitrogens with zero attached hydrogens (tertiary/aromatic N) is 1. The number of aryl methyl sites for hydroxylation is 1. The maximum absolute atomic E-state index is 13.4. The van der Waals surface area contributed by atoms with E-state index in [-0.39, 0.29) is 29.9 Å². The summed E-state index contributed by atoms with van der Waals surface area (Å²) in [5, 5.41) is 5.68. The maximum Gasteiger partial charge on any atom is 0.234 e. The van der Waals surface area contributed by atoms with Crippen molar-refractivity contribution in [2.75, 3.05) is 10.6 Å². The standard InChI is InChI=1S/C22H20FN3O3/c1-12-18(25-20(29-12)13-5-4-6-14(23)9-13)11-19(27)24-15-7-8-17-16(10-15)22(2,3)21(28)26-17/h4-10H,11H2,1-3H3,(H,24,27)(H,26,28). The van der Waals surface area contributed by atoms with E-state index in [2.05, 4.69) is 15.6 Å². The van der Waals surface area contributed by atoms with E-state index in [1.807, 2.05) is 13.8 Å². The molecule has 6 nitrogen and oxygen atoms in total. The number of fused-ring (bicyclic) bond motifs is 1. The van der Waals surface area contributed by atoms with Gasteiger partial charge < -0.3 is 15.1 Å². The van der Waals surface area contributed by atoms with E-state index >= 15 is 0 Å². The van der Waals surface area contributed by atoms with E-state index in [0.717, 1.165) is 11.3 Å². The molecule has 0 atom stereocenters. The third-order valence-electron chi connectivity index (χ3n) is 5.08. The lowest BCUT2D eigenvalue weighted by atomic mass is 9.86. The lowest BCUT2D eigenvalue weighted by molar-refractivity contribution is -0.119. The largest absolute Gasteiger partial charge is 0.441 e. The Balaban J connectivity index is 1.50. The number of nitrogens with one attached hydrogen (secondary N) is 2. The zero-order valence-electron chi connectivity index (χ0n) is 16.3. The minimum absolute atomic E-state index is 0.0162. The van der Waals surface area contributed by atoms with Gasteiger partial charge >= 0.3 is 0 Å². The zero-order valence-corrected chi connectivity index (χ0v) is 16.3. The second-order valence-electron chi connectivity index (χ2n) is 7.60. The summed E-state index contributed by atoms with van der Waals surface area (Å²) in [6.07, 6.45) is 0.0162. The number of benzene rings is 2. The zero-order chi connectivity index (χ0) is 20.8. The van der Waals surface area contributed by atoms with Gasteiger partial charge in [0.05, 0.1) is 17.5 Å². The molecule has 2 amide bonds. The summed E-state index contributed by atoms with van der Waals surface area (Å²) in [6, 6.07) is 11.3. The number of amides is 2. The quantitative estimate of drug-likeness (QED) is 0.696. The Labute approximate surface area is 167 Å². The van der Waals surface area contributed by atoms with E-state index in [4.69, 9.17) is 4.42 Å². The molecule has 3 aromatic rings. The van der Waals surface area contributed by atoms with Crippen LogP contribution in [0.5, 0.6) is 0 Å². The predicted octanol–water partition coefficient (Wildman–Crippen LogP) is 4.20. The predicted molar refractivity (Wildman–Crippen MR) is 107 cm³/mol. The van der Waals surface area contributed by atoms with Gasteiger partial charge in [0.25, 0.3) is 0 Å². The highest BCUT2D eigenvalue weighted by molar-refractivity contribution is 6.06. The van der Waals surface area contributed by atoms with Crippen molar-refractivity contribution in [2.24, 2.45) is 0 Å². The Hall–Kier alpha value is -3.48. The van der Waals surface area contributed by atoms with E-state index in [1.54, 1.807) is 37.3 Å². The molecule has 0 bridgehead atoms. The molecular formula is C22H20FN3O3. The summed E-state index contributed by atoms with van der Waals surface area (Å²) in [7, 11) is 0. The van der Waals surface area contributed by atoms with Gasteiger partial charge in [0.2, 0.25) is 17.7 Å². The molecule has 29 heavy (non-hydrogen) atoms. The molecule has 0 saturated heterocycles. The van der Waals surface area contributed by atoms with E-state index in [0.29, 0.717) is 22.7 Å². The van der Waals surface area contributed by atoms with Crippen LogP contribution in [0, 0.1) is 12.7 Å². The van der Waals surface area contributed by atoms with Crippen molar-refractivity contribution in [1.29, 1.82) is 0 Å². The van der Waals surface area contributed by atoms with Gasteiger partial charge in [0.1, 0.15) is 11.6 Å². The Morgan fingerprint density at radius 2 is 2.03 bits per heavy atom. The Morgan fingerprint density at radius 1 is 1.24 bits per heavy atom. The smallest absolute Gasteiger partial charge is 0.234 e. The van der Waals surface area contributed by atoms with Crippen molar-refractivity contribution < 1.29 is 18.4 Å². The summed E-state index contributed by atoms with van der Waals surface area (Å²) in [5.41, 5.74) is 2.54. The summed E-state index contributed by atoms with van der Waals surface area (Å²) < 4.78 is 19.0. The molecule has 0 aliphatic carbocycles. The Morgan fingerprint density at radius 3 is 2.79 bits per heavy atom. The van der Waals surface area contributed by atoms with Crippen LogP contribution in [-0.4, -0.2) is 16.8 Å². The van der Waals surface area contributed by atoms with Crippen LogP contribution in [0.2, 0.25) is 0 Å². The normalized spacial score (nSPS) is 14.4. The highest BCUT2D eigenvalue weighted by atomic mass is 19.1. The first kappa shape index (κ1) is 18.9. The van der Waals surface area contributed by atoms with Crippen LogP contribution in [0.4, 0.5) is 15.8 Å². The van der Waals surface area contributed by atoms with Gasteiger partial charge in [-0.1, -0.05) is 6.07 Å². The van der Waals surface area contributed by atoms with Crippen molar-refractivity contribution in [3.63, 3.8) is 0 Å². The third kappa shape index (κ3) is 3.51. The molecule has 2 heterocycles. The lowest BCUT2D eigenvalue weighted by Crippen LogP contribution is -2.27. The maximum atomic E-state index is 13.4. The van der Waals surface area contributed by atoms with Gasteiger partial charge in [-0.05, 0) is 62.7 Å². The van der Waals surface area contributed by atoms with E-state index in [1.165, 1.54) is 12.1 Å². The number of carbonyl (C=O) groups excluding carboxylic acids is 2. The highest BCUT2D eigenvalue weighted by Gasteiger charge is 2.38. The summed E-state index contributed by atoms with van der Waals surface area (Å²) in [4.78, 5) is 28.9. The molecule has 0 radical (unpaired) electrons. The fourth-order valence-corrected chi connectivity index (χ4v) is 3.34. The number of halogens is 1. The van der Waals surface area contributed by atoms with Gasteiger partial charge in [-0.3, -0.25) is 9.59 Å². The number of rotatable bonds is 4. The monoisotopic (exact) mass is 393 g/mol. The molecule has 148 valence electrons. The molecule has 1 aliphatic rings. The molecule has 0 spiro atoms. The molecule has 2 N–H and O–H groups in total. The first-order valence-electron chi connectivity index (χ1n) is 9.22. The molecule has 1 aliphatic heterocycles. The minimum Gasteiger partial charge on any atom is -0.441 e. The fraction of sp³-hybridized carbons (Fsp3) is 0.227. The van der Waals surface area contributed by atoms with Crippen molar-refractivity contribution >= 4 is 23.2 Å². The van der Waals surface area contributed by atoms with Crippen LogP contribution in [-0.2, 0) is 21.4 Å². The van der Waals surface area contributed by atoms with Crippen LogP contribution < -0.4 is 10.6 Å². The molecule has 4 rings (SSSR count). The Kier molecular flexibility index (Phi) is 4.45. The number of aromatic nitrogens is 1. The first-order valence-corrected chi connectivity index (χ1v) is 9.22. The second kappa shape index (κ2) is 6.84. The summed E-state index contributed by atoms with van der Waals surface area (Å²) in [6.45, 7) is 5.40. The van der Waals surface area contributed by atoms with Crippen LogP contribution >= 0.6 is 0 Å². The molecule has 0 unspecified atom stereocenters. The average Bonchev–Trinajstić information content (AvgIpc) is 3.13. The van der Waals surface area contributed by atoms with Crippen LogP contribution in [0.1, 0.15) is 30.9 Å². The Bertz CT molecular complexity index is 1130. The number of oxazole rings is 1. The van der Waals surface area contributed by atoms with Crippen molar-refractivity contribution in [3.8, 4) is 11.5 Å². The van der Waals surface area contributed by atoms with Crippen LogP contribution in [0.25, 0.3) is 11.5 Å².